The predicted octanol–water partition coefficient (Wildman–Crippen LogP) is 1.33. The number of carbonyl (C=O) groups excluding carboxylic acids is 2. The minimum absolute atomic E-state index is 0.00307. The lowest BCUT2D eigenvalue weighted by atomic mass is 10.1. The molecular weight excluding hydrogens is 460 g/mol. The maximum absolute atomic E-state index is 13.1. The van der Waals surface area contributed by atoms with E-state index < -0.39 is 27.8 Å². The van der Waals surface area contributed by atoms with Gasteiger partial charge in [-0.15, -0.1) is 0 Å². The fourth-order valence-electron chi connectivity index (χ4n) is 4.02. The Labute approximate surface area is 195 Å². The number of aryl methyl sites for hydroxylation is 1. The van der Waals surface area contributed by atoms with Gasteiger partial charge in [0.15, 0.2) is 5.78 Å². The lowest BCUT2D eigenvalue weighted by Crippen LogP contribution is -2.43. The maximum atomic E-state index is 13.1. The third-order valence-corrected chi connectivity index (χ3v) is 7.29. The van der Waals surface area contributed by atoms with Crippen molar-refractivity contribution in [3.05, 3.63) is 68.9 Å². The molecule has 0 aliphatic carbocycles. The summed E-state index contributed by atoms with van der Waals surface area (Å²) in [6.45, 7) is 2.13. The van der Waals surface area contributed by atoms with E-state index in [9.17, 15) is 27.6 Å². The van der Waals surface area contributed by atoms with Gasteiger partial charge in [0.05, 0.1) is 15.8 Å². The first-order valence-corrected chi connectivity index (χ1v) is 12.2. The van der Waals surface area contributed by atoms with Crippen LogP contribution in [0, 0.1) is 0 Å². The summed E-state index contributed by atoms with van der Waals surface area (Å²) in [4.78, 5) is 51.5. The lowest BCUT2D eigenvalue weighted by molar-refractivity contribution is -0.130. The zero-order chi connectivity index (χ0) is 24.6. The van der Waals surface area contributed by atoms with E-state index >= 15 is 0 Å². The second-order valence-electron chi connectivity index (χ2n) is 8.24. The van der Waals surface area contributed by atoms with E-state index in [0.717, 1.165) is 17.4 Å². The van der Waals surface area contributed by atoms with Gasteiger partial charge in [-0.05, 0) is 50.1 Å². The van der Waals surface area contributed by atoms with E-state index in [4.69, 9.17) is 0 Å². The van der Waals surface area contributed by atoms with Crippen LogP contribution in [-0.4, -0.2) is 47.2 Å². The zero-order valence-corrected chi connectivity index (χ0v) is 19.6. The Bertz CT molecular complexity index is 1530. The number of hydrogen-bond acceptors (Lipinski definition) is 6. The van der Waals surface area contributed by atoms with Gasteiger partial charge >= 0.3 is 5.69 Å². The van der Waals surface area contributed by atoms with E-state index in [1.165, 1.54) is 48.9 Å². The molecule has 1 amide bonds. The van der Waals surface area contributed by atoms with Crippen LogP contribution in [0.2, 0.25) is 0 Å². The molecule has 0 radical (unpaired) electrons. The van der Waals surface area contributed by atoms with Gasteiger partial charge in [-0.2, -0.15) is 0 Å². The van der Waals surface area contributed by atoms with Gasteiger partial charge in [-0.25, -0.2) is 13.2 Å². The number of Topliss-reactive ketones (excluding diaryl/α,β-unsaturated/α-hetero) is 1. The van der Waals surface area contributed by atoms with Gasteiger partial charge < -0.3 is 4.90 Å². The van der Waals surface area contributed by atoms with Crippen molar-refractivity contribution < 1.29 is 18.0 Å². The number of rotatable bonds is 6. The number of sulfonamides is 1. The van der Waals surface area contributed by atoms with Crippen LogP contribution >= 0.6 is 0 Å². The number of nitrogens with one attached hydrogen (secondary N) is 1. The number of ketones is 1. The van der Waals surface area contributed by atoms with E-state index in [-0.39, 0.29) is 33.2 Å². The average Bonchev–Trinajstić information content (AvgIpc) is 3.35. The minimum atomic E-state index is -4.11. The van der Waals surface area contributed by atoms with Crippen LogP contribution in [0.4, 0.5) is 5.69 Å². The summed E-state index contributed by atoms with van der Waals surface area (Å²) in [5, 5.41) is -0.00307. The van der Waals surface area contributed by atoms with Crippen molar-refractivity contribution in [3.8, 4) is 0 Å². The minimum Gasteiger partial charge on any atom is -0.341 e. The highest BCUT2D eigenvalue weighted by atomic mass is 32.2. The molecule has 0 saturated carbocycles. The Morgan fingerprint density at radius 1 is 1.03 bits per heavy atom. The molecule has 1 aliphatic rings. The summed E-state index contributed by atoms with van der Waals surface area (Å²) in [5.41, 5.74) is -0.598. The molecule has 34 heavy (non-hydrogen) atoms. The Morgan fingerprint density at radius 2 is 1.74 bits per heavy atom. The number of amides is 1. The smallest absolute Gasteiger partial charge is 0.331 e. The normalized spacial score (nSPS) is 13.9. The van der Waals surface area contributed by atoms with Crippen LogP contribution in [0.15, 0.2) is 56.9 Å². The first kappa shape index (κ1) is 23.4. The fraction of sp³-hybridized carbons (Fsp3) is 0.304. The van der Waals surface area contributed by atoms with Crippen molar-refractivity contribution in [1.29, 1.82) is 0 Å². The highest BCUT2D eigenvalue weighted by molar-refractivity contribution is 7.92. The molecule has 0 bridgehead atoms. The van der Waals surface area contributed by atoms with Gasteiger partial charge in [0.1, 0.15) is 6.54 Å². The molecule has 178 valence electrons. The number of anilines is 1. The van der Waals surface area contributed by atoms with Crippen LogP contribution in [0.5, 0.6) is 0 Å². The van der Waals surface area contributed by atoms with Crippen LogP contribution in [-0.2, 0) is 28.4 Å². The van der Waals surface area contributed by atoms with Crippen LogP contribution in [0.1, 0.15) is 30.1 Å². The zero-order valence-electron chi connectivity index (χ0n) is 18.8. The first-order chi connectivity index (χ1) is 16.1. The Kier molecular flexibility index (Phi) is 6.13. The molecule has 10 nitrogen and oxygen atoms in total. The third-order valence-electron chi connectivity index (χ3n) is 5.91. The number of aromatic nitrogens is 2. The van der Waals surface area contributed by atoms with Crippen molar-refractivity contribution in [3.63, 3.8) is 0 Å². The summed E-state index contributed by atoms with van der Waals surface area (Å²) in [7, 11) is -2.65. The molecule has 2 heterocycles. The average molecular weight is 485 g/mol. The Hall–Kier alpha value is -3.73. The van der Waals surface area contributed by atoms with E-state index in [1.54, 1.807) is 17.0 Å². The van der Waals surface area contributed by atoms with Crippen LogP contribution < -0.4 is 16.0 Å². The number of likely N-dealkylation sites (tertiary alicyclic amines) is 1. The standard InChI is InChI=1S/C23H24N4O6S/c1-15(28)16-6-5-7-17(12-16)24-34(32,33)18-8-9-20-19(13-18)22(30)27(23(31)25(20)2)14-21(29)26-10-3-4-11-26/h5-9,12-13,24H,3-4,10-11,14H2,1-2H3. The summed E-state index contributed by atoms with van der Waals surface area (Å²) in [6.07, 6.45) is 1.75. The molecule has 0 atom stereocenters. The maximum Gasteiger partial charge on any atom is 0.331 e. The highest BCUT2D eigenvalue weighted by Crippen LogP contribution is 2.20. The molecule has 1 fully saturated rings. The van der Waals surface area contributed by atoms with Crippen LogP contribution in [0.25, 0.3) is 10.9 Å². The van der Waals surface area contributed by atoms with E-state index in [2.05, 4.69) is 4.72 Å². The quantitative estimate of drug-likeness (QED) is 0.526. The topological polar surface area (TPSA) is 128 Å². The van der Waals surface area contributed by atoms with Crippen LogP contribution in [0.3, 0.4) is 0 Å². The summed E-state index contributed by atoms with van der Waals surface area (Å²) in [6, 6.07) is 9.91. The number of fused-ring (bicyclic) bond motifs is 1. The van der Waals surface area contributed by atoms with Gasteiger partial charge in [0.25, 0.3) is 15.6 Å². The van der Waals surface area contributed by atoms with E-state index in [0.29, 0.717) is 18.7 Å². The van der Waals surface area contributed by atoms with Crippen molar-refractivity contribution in [2.75, 3.05) is 17.8 Å². The highest BCUT2D eigenvalue weighted by Gasteiger charge is 2.22. The Balaban J connectivity index is 1.74. The molecular formula is C23H24N4O6S. The molecule has 1 N–H and O–H groups in total. The SMILES string of the molecule is CC(=O)c1cccc(NS(=O)(=O)c2ccc3c(c2)c(=O)n(CC(=O)N2CCCC2)c(=O)n3C)c1. The Morgan fingerprint density at radius 3 is 2.41 bits per heavy atom. The molecule has 11 heteroatoms. The van der Waals surface area contributed by atoms with Gasteiger partial charge in [-0.3, -0.25) is 28.2 Å². The first-order valence-electron chi connectivity index (χ1n) is 10.7. The third kappa shape index (κ3) is 4.38. The van der Waals surface area contributed by atoms with Crippen molar-refractivity contribution in [2.24, 2.45) is 7.05 Å². The molecule has 1 saturated heterocycles. The predicted molar refractivity (Wildman–Crippen MR) is 127 cm³/mol. The molecule has 1 aromatic heterocycles. The van der Waals surface area contributed by atoms with Gasteiger partial charge in [0, 0.05) is 31.4 Å². The molecule has 0 spiro atoms. The van der Waals surface area contributed by atoms with Crippen molar-refractivity contribution in [2.45, 2.75) is 31.2 Å². The number of nitrogens with zero attached hydrogens (tertiary/aromatic N) is 3. The summed E-state index contributed by atoms with van der Waals surface area (Å²) in [5.74, 6) is -0.538. The molecule has 3 aromatic rings. The second-order valence-corrected chi connectivity index (χ2v) is 9.92. The molecule has 0 unspecified atom stereocenters. The van der Waals surface area contributed by atoms with Gasteiger partial charge in [0.2, 0.25) is 5.91 Å². The number of benzene rings is 2. The lowest BCUT2D eigenvalue weighted by Gasteiger charge is -2.17. The summed E-state index contributed by atoms with van der Waals surface area (Å²) >= 11 is 0. The second kappa shape index (κ2) is 8.90. The largest absolute Gasteiger partial charge is 0.341 e. The van der Waals surface area contributed by atoms with Crippen molar-refractivity contribution in [1.82, 2.24) is 14.0 Å². The summed E-state index contributed by atoms with van der Waals surface area (Å²) < 4.78 is 30.4. The molecule has 4 rings (SSSR count). The molecule has 2 aromatic carbocycles. The number of carbonyl (C=O) groups is 2. The van der Waals surface area contributed by atoms with E-state index in [1.807, 2.05) is 0 Å². The van der Waals surface area contributed by atoms with Crippen molar-refractivity contribution >= 4 is 38.3 Å². The monoisotopic (exact) mass is 484 g/mol. The molecule has 1 aliphatic heterocycles. The number of hydrogen-bond donors (Lipinski definition) is 1. The fourth-order valence-corrected chi connectivity index (χ4v) is 5.09. The van der Waals surface area contributed by atoms with Gasteiger partial charge in [-0.1, -0.05) is 12.1 Å².